The minimum Gasteiger partial charge on any atom is -0.483 e. The number of para-hydroxylation sites is 1. The Morgan fingerprint density at radius 3 is 2.67 bits per heavy atom. The predicted molar refractivity (Wildman–Crippen MR) is 82.5 cm³/mol. The van der Waals surface area contributed by atoms with Crippen LogP contribution in [0.25, 0.3) is 0 Å². The SMILES string of the molecule is CC(C)c1ccccc1OCC(=O)NCC1(O)CCCC1. The van der Waals surface area contributed by atoms with Gasteiger partial charge in [-0.05, 0) is 30.4 Å². The third kappa shape index (κ3) is 4.46. The molecule has 0 spiro atoms. The molecule has 0 saturated heterocycles. The van der Waals surface area contributed by atoms with Gasteiger partial charge >= 0.3 is 0 Å². The van der Waals surface area contributed by atoms with E-state index in [4.69, 9.17) is 4.74 Å². The zero-order valence-electron chi connectivity index (χ0n) is 12.9. The van der Waals surface area contributed by atoms with E-state index >= 15 is 0 Å². The number of benzene rings is 1. The van der Waals surface area contributed by atoms with Crippen LogP contribution in [0.3, 0.4) is 0 Å². The van der Waals surface area contributed by atoms with Crippen molar-refractivity contribution in [1.82, 2.24) is 5.32 Å². The molecule has 1 aliphatic carbocycles. The molecule has 1 saturated carbocycles. The molecule has 0 atom stereocenters. The summed E-state index contributed by atoms with van der Waals surface area (Å²) in [4.78, 5) is 11.8. The number of hydrogen-bond acceptors (Lipinski definition) is 3. The average molecular weight is 291 g/mol. The van der Waals surface area contributed by atoms with E-state index in [0.717, 1.165) is 37.0 Å². The molecule has 0 bridgehead atoms. The maximum absolute atomic E-state index is 11.8. The highest BCUT2D eigenvalue weighted by atomic mass is 16.5. The van der Waals surface area contributed by atoms with Crippen molar-refractivity contribution in [1.29, 1.82) is 0 Å². The van der Waals surface area contributed by atoms with Crippen LogP contribution in [0.15, 0.2) is 24.3 Å². The quantitative estimate of drug-likeness (QED) is 0.847. The molecular weight excluding hydrogens is 266 g/mol. The number of ether oxygens (including phenoxy) is 1. The fourth-order valence-electron chi connectivity index (χ4n) is 2.76. The topological polar surface area (TPSA) is 58.6 Å². The maximum atomic E-state index is 11.8. The van der Waals surface area contributed by atoms with E-state index < -0.39 is 5.60 Å². The summed E-state index contributed by atoms with van der Waals surface area (Å²) in [5.41, 5.74) is 0.380. The van der Waals surface area contributed by atoms with E-state index in [2.05, 4.69) is 19.2 Å². The average Bonchev–Trinajstić information content (AvgIpc) is 2.90. The number of rotatable bonds is 6. The molecule has 1 aromatic rings. The fourth-order valence-corrected chi connectivity index (χ4v) is 2.76. The van der Waals surface area contributed by atoms with Crippen molar-refractivity contribution in [3.8, 4) is 5.75 Å². The molecule has 1 fully saturated rings. The molecule has 21 heavy (non-hydrogen) atoms. The second-order valence-corrected chi connectivity index (χ2v) is 6.19. The first-order valence-corrected chi connectivity index (χ1v) is 7.71. The number of carbonyl (C=O) groups excluding carboxylic acids is 1. The fraction of sp³-hybridized carbons (Fsp3) is 0.588. The number of carbonyl (C=O) groups is 1. The number of amides is 1. The Bertz CT molecular complexity index is 479. The van der Waals surface area contributed by atoms with Crippen molar-refractivity contribution in [3.05, 3.63) is 29.8 Å². The molecule has 0 radical (unpaired) electrons. The highest BCUT2D eigenvalue weighted by molar-refractivity contribution is 5.77. The lowest BCUT2D eigenvalue weighted by atomic mass is 10.0. The molecule has 4 nitrogen and oxygen atoms in total. The van der Waals surface area contributed by atoms with Crippen molar-refractivity contribution in [2.75, 3.05) is 13.2 Å². The lowest BCUT2D eigenvalue weighted by Crippen LogP contribution is -2.42. The number of hydrogen-bond donors (Lipinski definition) is 2. The van der Waals surface area contributed by atoms with Crippen molar-refractivity contribution in [2.45, 2.75) is 51.0 Å². The van der Waals surface area contributed by atoms with Crippen LogP contribution in [0.4, 0.5) is 0 Å². The van der Waals surface area contributed by atoms with Gasteiger partial charge in [0.15, 0.2) is 6.61 Å². The molecule has 2 rings (SSSR count). The van der Waals surface area contributed by atoms with Crippen molar-refractivity contribution < 1.29 is 14.6 Å². The molecule has 0 unspecified atom stereocenters. The Kier molecular flexibility index (Phi) is 5.23. The Hall–Kier alpha value is -1.55. The van der Waals surface area contributed by atoms with Gasteiger partial charge in [0.05, 0.1) is 5.60 Å². The zero-order valence-corrected chi connectivity index (χ0v) is 12.9. The van der Waals surface area contributed by atoms with E-state index in [1.807, 2.05) is 24.3 Å². The monoisotopic (exact) mass is 291 g/mol. The molecule has 1 amide bonds. The summed E-state index contributed by atoms with van der Waals surface area (Å²) in [6, 6.07) is 7.77. The van der Waals surface area contributed by atoms with Gasteiger partial charge in [0.2, 0.25) is 0 Å². The van der Waals surface area contributed by atoms with E-state index in [-0.39, 0.29) is 12.5 Å². The van der Waals surface area contributed by atoms with E-state index in [1.165, 1.54) is 0 Å². The van der Waals surface area contributed by atoms with Crippen LogP contribution in [0, 0.1) is 0 Å². The smallest absolute Gasteiger partial charge is 0.258 e. The normalized spacial score (nSPS) is 17.0. The van der Waals surface area contributed by atoms with Crippen LogP contribution in [-0.2, 0) is 4.79 Å². The second-order valence-electron chi connectivity index (χ2n) is 6.19. The van der Waals surface area contributed by atoms with Crippen molar-refractivity contribution in [3.63, 3.8) is 0 Å². The Balaban J connectivity index is 1.81. The molecule has 0 aliphatic heterocycles. The molecule has 4 heteroatoms. The molecular formula is C17H25NO3. The minimum absolute atomic E-state index is 0.0141. The Morgan fingerprint density at radius 2 is 2.00 bits per heavy atom. The predicted octanol–water partition coefficient (Wildman–Crippen LogP) is 2.61. The minimum atomic E-state index is -0.717. The molecule has 1 aliphatic rings. The summed E-state index contributed by atoms with van der Waals surface area (Å²) in [7, 11) is 0. The van der Waals surface area contributed by atoms with Gasteiger partial charge in [-0.15, -0.1) is 0 Å². The first-order valence-electron chi connectivity index (χ1n) is 7.71. The summed E-state index contributed by atoms with van der Waals surface area (Å²) in [5.74, 6) is 0.916. The van der Waals surface area contributed by atoms with Crippen LogP contribution in [-0.4, -0.2) is 29.8 Å². The summed E-state index contributed by atoms with van der Waals surface area (Å²) >= 11 is 0. The third-order valence-electron chi connectivity index (χ3n) is 4.05. The summed E-state index contributed by atoms with van der Waals surface area (Å²) in [6.07, 6.45) is 3.60. The van der Waals surface area contributed by atoms with Crippen LogP contribution < -0.4 is 10.1 Å². The van der Waals surface area contributed by atoms with Crippen LogP contribution in [0.1, 0.15) is 51.0 Å². The number of nitrogens with one attached hydrogen (secondary N) is 1. The second kappa shape index (κ2) is 6.94. The van der Waals surface area contributed by atoms with Crippen LogP contribution in [0.2, 0.25) is 0 Å². The Labute approximate surface area is 126 Å². The van der Waals surface area contributed by atoms with Crippen LogP contribution in [0.5, 0.6) is 5.75 Å². The Morgan fingerprint density at radius 1 is 1.33 bits per heavy atom. The van der Waals surface area contributed by atoms with Gasteiger partial charge in [0.25, 0.3) is 5.91 Å². The molecule has 116 valence electrons. The summed E-state index contributed by atoms with van der Waals surface area (Å²) < 4.78 is 5.61. The van der Waals surface area contributed by atoms with Gasteiger partial charge in [0.1, 0.15) is 5.75 Å². The first kappa shape index (κ1) is 15.8. The van der Waals surface area contributed by atoms with Crippen LogP contribution >= 0.6 is 0 Å². The van der Waals surface area contributed by atoms with Gasteiger partial charge < -0.3 is 15.2 Å². The van der Waals surface area contributed by atoms with Gasteiger partial charge in [0, 0.05) is 6.54 Å². The van der Waals surface area contributed by atoms with Crippen molar-refractivity contribution >= 4 is 5.91 Å². The van der Waals surface area contributed by atoms with Gasteiger partial charge in [-0.1, -0.05) is 44.9 Å². The molecule has 2 N–H and O–H groups in total. The highest BCUT2D eigenvalue weighted by Gasteiger charge is 2.31. The van der Waals surface area contributed by atoms with Gasteiger partial charge in [-0.25, -0.2) is 0 Å². The molecule has 1 aromatic carbocycles. The third-order valence-corrected chi connectivity index (χ3v) is 4.05. The van der Waals surface area contributed by atoms with E-state index in [9.17, 15) is 9.90 Å². The van der Waals surface area contributed by atoms with E-state index in [1.54, 1.807) is 0 Å². The summed E-state index contributed by atoms with van der Waals surface area (Å²) in [6.45, 7) is 4.50. The van der Waals surface area contributed by atoms with E-state index in [0.29, 0.717) is 12.5 Å². The van der Waals surface area contributed by atoms with Gasteiger partial charge in [-0.2, -0.15) is 0 Å². The zero-order chi connectivity index (χ0) is 15.3. The lowest BCUT2D eigenvalue weighted by Gasteiger charge is -2.22. The lowest BCUT2D eigenvalue weighted by molar-refractivity contribution is -0.124. The van der Waals surface area contributed by atoms with Gasteiger partial charge in [-0.3, -0.25) is 4.79 Å². The highest BCUT2D eigenvalue weighted by Crippen LogP contribution is 2.28. The number of aliphatic hydroxyl groups is 1. The summed E-state index contributed by atoms with van der Waals surface area (Å²) in [5, 5.41) is 13.0. The first-order chi connectivity index (χ1) is 10.0. The largest absolute Gasteiger partial charge is 0.483 e. The maximum Gasteiger partial charge on any atom is 0.258 e. The standard InChI is InChI=1S/C17H25NO3/c1-13(2)14-7-3-4-8-15(14)21-11-16(19)18-12-17(20)9-5-6-10-17/h3-4,7-8,13,20H,5-6,9-12H2,1-2H3,(H,18,19). The molecule has 0 aromatic heterocycles. The van der Waals surface area contributed by atoms with Crippen molar-refractivity contribution in [2.24, 2.45) is 0 Å². The molecule has 0 heterocycles.